The van der Waals surface area contributed by atoms with Crippen molar-refractivity contribution in [1.82, 2.24) is 10.6 Å². The van der Waals surface area contributed by atoms with Crippen LogP contribution in [0.4, 0.5) is 4.79 Å². The highest BCUT2D eigenvalue weighted by atomic mass is 16.5. The number of fused-ring (bicyclic) bond motifs is 3. The molecule has 0 saturated heterocycles. The van der Waals surface area contributed by atoms with Gasteiger partial charge in [0.1, 0.15) is 6.61 Å². The zero-order chi connectivity index (χ0) is 24.6. The quantitative estimate of drug-likeness (QED) is 0.424. The minimum Gasteiger partial charge on any atom is -0.481 e. The zero-order valence-electron chi connectivity index (χ0n) is 20.0. The molecule has 1 saturated carbocycles. The molecule has 0 spiro atoms. The molecule has 186 valence electrons. The first-order valence-electron chi connectivity index (χ1n) is 12.6. The lowest BCUT2D eigenvalue weighted by Crippen LogP contribution is -2.44. The fourth-order valence-corrected chi connectivity index (χ4v) is 5.37. The van der Waals surface area contributed by atoms with Gasteiger partial charge in [-0.25, -0.2) is 4.79 Å². The standard InChI is InChI=1S/C28H34N2O5/c31-26(29-16-8-7-15-27(32)33)17-19-9-1-6-14-25(19)30-28(34)35-18-24-22-12-4-2-10-20(22)21-11-3-5-13-23(21)24/h2-5,10-13,19,24-25H,1,6-9,14-18H2,(H,29,31)(H,30,34)(H,32,33)/t19-,25-/m1/s1. The van der Waals surface area contributed by atoms with E-state index in [1.165, 1.54) is 22.3 Å². The van der Waals surface area contributed by atoms with E-state index in [2.05, 4.69) is 34.9 Å². The summed E-state index contributed by atoms with van der Waals surface area (Å²) in [5.74, 6) is -0.780. The average Bonchev–Trinajstić information content (AvgIpc) is 3.17. The number of unbranched alkanes of at least 4 members (excludes halogenated alkanes) is 1. The van der Waals surface area contributed by atoms with Gasteiger partial charge in [-0.1, -0.05) is 61.4 Å². The molecule has 7 heteroatoms. The summed E-state index contributed by atoms with van der Waals surface area (Å²) in [6.07, 6.45) is 5.01. The van der Waals surface area contributed by atoms with Crippen molar-refractivity contribution < 1.29 is 24.2 Å². The molecule has 0 aliphatic heterocycles. The highest BCUT2D eigenvalue weighted by Gasteiger charge is 2.31. The zero-order valence-corrected chi connectivity index (χ0v) is 20.0. The molecule has 0 heterocycles. The summed E-state index contributed by atoms with van der Waals surface area (Å²) in [4.78, 5) is 35.7. The molecular formula is C28H34N2O5. The largest absolute Gasteiger partial charge is 0.481 e. The van der Waals surface area contributed by atoms with Gasteiger partial charge in [0.2, 0.25) is 5.91 Å². The smallest absolute Gasteiger partial charge is 0.407 e. The van der Waals surface area contributed by atoms with Crippen molar-refractivity contribution in [2.45, 2.75) is 63.3 Å². The van der Waals surface area contributed by atoms with E-state index in [1.54, 1.807) is 0 Å². The van der Waals surface area contributed by atoms with E-state index in [0.717, 1.165) is 25.7 Å². The van der Waals surface area contributed by atoms with Gasteiger partial charge in [-0.2, -0.15) is 0 Å². The Kier molecular flexibility index (Phi) is 8.40. The number of rotatable bonds is 10. The number of carbonyl (C=O) groups excluding carboxylic acids is 2. The van der Waals surface area contributed by atoms with Crippen LogP contribution in [0.1, 0.15) is 68.4 Å². The Hall–Kier alpha value is -3.35. The Morgan fingerprint density at radius 1 is 0.914 bits per heavy atom. The van der Waals surface area contributed by atoms with Gasteiger partial charge in [0.15, 0.2) is 0 Å². The molecule has 2 aliphatic carbocycles. The van der Waals surface area contributed by atoms with Crippen molar-refractivity contribution in [3.05, 3.63) is 59.7 Å². The fourth-order valence-electron chi connectivity index (χ4n) is 5.37. The summed E-state index contributed by atoms with van der Waals surface area (Å²) >= 11 is 0. The van der Waals surface area contributed by atoms with Crippen LogP contribution in [-0.4, -0.2) is 42.3 Å². The van der Waals surface area contributed by atoms with Crippen LogP contribution in [0.25, 0.3) is 11.1 Å². The molecule has 2 aliphatic rings. The Morgan fingerprint density at radius 3 is 2.26 bits per heavy atom. The predicted molar refractivity (Wildman–Crippen MR) is 133 cm³/mol. The van der Waals surface area contributed by atoms with E-state index in [4.69, 9.17) is 9.84 Å². The highest BCUT2D eigenvalue weighted by Crippen LogP contribution is 2.44. The van der Waals surface area contributed by atoms with Gasteiger partial charge in [-0.15, -0.1) is 0 Å². The lowest BCUT2D eigenvalue weighted by Gasteiger charge is -2.31. The number of hydrogen-bond acceptors (Lipinski definition) is 4. The van der Waals surface area contributed by atoms with E-state index in [-0.39, 0.29) is 36.8 Å². The van der Waals surface area contributed by atoms with Crippen molar-refractivity contribution in [2.75, 3.05) is 13.2 Å². The number of alkyl carbamates (subject to hydrolysis) is 1. The summed E-state index contributed by atoms with van der Waals surface area (Å²) < 4.78 is 5.71. The van der Waals surface area contributed by atoms with Gasteiger partial charge >= 0.3 is 12.1 Å². The molecule has 35 heavy (non-hydrogen) atoms. The van der Waals surface area contributed by atoms with Crippen molar-refractivity contribution >= 4 is 18.0 Å². The van der Waals surface area contributed by atoms with Gasteiger partial charge in [0.25, 0.3) is 0 Å². The summed E-state index contributed by atoms with van der Waals surface area (Å²) in [5, 5.41) is 14.6. The Labute approximate surface area is 206 Å². The molecule has 2 atom stereocenters. The number of carbonyl (C=O) groups is 3. The number of nitrogens with one attached hydrogen (secondary N) is 2. The van der Waals surface area contributed by atoms with Gasteiger partial charge in [-0.3, -0.25) is 9.59 Å². The Bertz CT molecular complexity index is 1010. The third kappa shape index (κ3) is 6.41. The monoisotopic (exact) mass is 478 g/mol. The van der Waals surface area contributed by atoms with Crippen LogP contribution < -0.4 is 10.6 Å². The van der Waals surface area contributed by atoms with Crippen LogP contribution in [0, 0.1) is 5.92 Å². The van der Waals surface area contributed by atoms with Crippen LogP contribution in [0.15, 0.2) is 48.5 Å². The highest BCUT2D eigenvalue weighted by molar-refractivity contribution is 5.79. The van der Waals surface area contributed by atoms with Crippen molar-refractivity contribution in [1.29, 1.82) is 0 Å². The maximum absolute atomic E-state index is 12.7. The number of carboxylic acids is 1. The van der Waals surface area contributed by atoms with Crippen LogP contribution in [-0.2, 0) is 14.3 Å². The Morgan fingerprint density at radius 2 is 1.57 bits per heavy atom. The van der Waals surface area contributed by atoms with E-state index >= 15 is 0 Å². The summed E-state index contributed by atoms with van der Waals surface area (Å²) in [7, 11) is 0. The molecule has 0 radical (unpaired) electrons. The van der Waals surface area contributed by atoms with E-state index in [9.17, 15) is 14.4 Å². The molecule has 0 unspecified atom stereocenters. The molecule has 0 bridgehead atoms. The topological polar surface area (TPSA) is 105 Å². The second-order valence-corrected chi connectivity index (χ2v) is 9.53. The van der Waals surface area contributed by atoms with Crippen LogP contribution in [0.2, 0.25) is 0 Å². The van der Waals surface area contributed by atoms with Crippen LogP contribution in [0.3, 0.4) is 0 Å². The average molecular weight is 479 g/mol. The lowest BCUT2D eigenvalue weighted by molar-refractivity contribution is -0.137. The predicted octanol–water partition coefficient (Wildman–Crippen LogP) is 4.85. The molecule has 1 fully saturated rings. The molecular weight excluding hydrogens is 444 g/mol. The van der Waals surface area contributed by atoms with Crippen molar-refractivity contribution in [3.8, 4) is 11.1 Å². The van der Waals surface area contributed by atoms with Gasteiger partial charge in [-0.05, 0) is 53.9 Å². The van der Waals surface area contributed by atoms with Crippen molar-refractivity contribution in [2.24, 2.45) is 5.92 Å². The normalized spacial score (nSPS) is 18.9. The number of aliphatic carboxylic acids is 1. The SMILES string of the molecule is O=C(O)CCCCNC(=O)C[C@H]1CCCC[C@H]1NC(=O)OCC1c2ccccc2-c2ccccc21. The van der Waals surface area contributed by atoms with Gasteiger partial charge in [0, 0.05) is 31.3 Å². The number of amides is 2. The number of carboxylic acid groups (broad SMARTS) is 1. The number of hydrogen-bond donors (Lipinski definition) is 3. The second-order valence-electron chi connectivity index (χ2n) is 9.53. The summed E-state index contributed by atoms with van der Waals surface area (Å²) in [6.45, 7) is 0.747. The van der Waals surface area contributed by atoms with E-state index in [1.807, 2.05) is 24.3 Å². The minimum atomic E-state index is -0.819. The van der Waals surface area contributed by atoms with E-state index < -0.39 is 12.1 Å². The number of ether oxygens (including phenoxy) is 1. The maximum Gasteiger partial charge on any atom is 0.407 e. The second kappa shape index (κ2) is 11.9. The van der Waals surface area contributed by atoms with E-state index in [0.29, 0.717) is 25.8 Å². The van der Waals surface area contributed by atoms with Crippen LogP contribution >= 0.6 is 0 Å². The van der Waals surface area contributed by atoms with Gasteiger partial charge < -0.3 is 20.5 Å². The maximum atomic E-state index is 12.7. The first-order valence-corrected chi connectivity index (χ1v) is 12.6. The summed E-state index contributed by atoms with van der Waals surface area (Å²) in [5.41, 5.74) is 4.74. The first kappa shape index (κ1) is 24.8. The molecule has 4 rings (SSSR count). The van der Waals surface area contributed by atoms with Crippen molar-refractivity contribution in [3.63, 3.8) is 0 Å². The van der Waals surface area contributed by atoms with Crippen LogP contribution in [0.5, 0.6) is 0 Å². The first-order chi connectivity index (χ1) is 17.0. The minimum absolute atomic E-state index is 0.0159. The summed E-state index contributed by atoms with van der Waals surface area (Å²) in [6, 6.07) is 16.4. The number of benzene rings is 2. The fraction of sp³-hybridized carbons (Fsp3) is 0.464. The molecule has 2 amide bonds. The molecule has 2 aromatic rings. The molecule has 7 nitrogen and oxygen atoms in total. The lowest BCUT2D eigenvalue weighted by atomic mass is 9.82. The molecule has 0 aromatic heterocycles. The van der Waals surface area contributed by atoms with Gasteiger partial charge in [0.05, 0.1) is 0 Å². The Balaban J connectivity index is 1.27. The third-order valence-electron chi connectivity index (χ3n) is 7.14. The molecule has 3 N–H and O–H groups in total. The third-order valence-corrected chi connectivity index (χ3v) is 7.14. The molecule has 2 aromatic carbocycles.